The maximum absolute atomic E-state index is 13.3. The fourth-order valence-electron chi connectivity index (χ4n) is 3.54. The third-order valence-corrected chi connectivity index (χ3v) is 7.16. The van der Waals surface area contributed by atoms with Gasteiger partial charge < -0.3 is 4.74 Å². The number of thiol groups is 1. The van der Waals surface area contributed by atoms with Gasteiger partial charge in [-0.1, -0.05) is 24.3 Å². The number of benzene rings is 2. The van der Waals surface area contributed by atoms with Gasteiger partial charge in [0.1, 0.15) is 12.4 Å². The molecule has 1 amide bonds. The van der Waals surface area contributed by atoms with E-state index in [4.69, 9.17) is 4.74 Å². The van der Waals surface area contributed by atoms with Crippen molar-refractivity contribution in [3.63, 3.8) is 0 Å². The lowest BCUT2D eigenvalue weighted by atomic mass is 10.1. The molecule has 0 saturated carbocycles. The second kappa shape index (κ2) is 7.23. The van der Waals surface area contributed by atoms with E-state index in [1.165, 1.54) is 16.4 Å². The van der Waals surface area contributed by atoms with Crippen molar-refractivity contribution >= 4 is 40.2 Å². The van der Waals surface area contributed by atoms with Crippen molar-refractivity contribution in [3.8, 4) is 5.75 Å². The number of hydrogen-bond donors (Lipinski definition) is 1. The smallest absolute Gasteiger partial charge is 0.314 e. The first-order valence-electron chi connectivity index (χ1n) is 8.82. The van der Waals surface area contributed by atoms with E-state index in [1.807, 2.05) is 12.1 Å². The molecule has 0 spiro atoms. The zero-order valence-corrected chi connectivity index (χ0v) is 16.5. The van der Waals surface area contributed by atoms with Crippen LogP contribution in [0.4, 0.5) is 5.69 Å². The Balaban J connectivity index is 1.59. The van der Waals surface area contributed by atoms with Crippen LogP contribution in [0.15, 0.2) is 53.4 Å². The third-order valence-electron chi connectivity index (χ3n) is 4.89. The maximum Gasteiger partial charge on any atom is 0.314 e. The molecule has 4 rings (SSSR count). The number of anilines is 1. The molecule has 2 heterocycles. The van der Waals surface area contributed by atoms with Crippen LogP contribution in [-0.2, 0) is 15.0 Å². The molecule has 7 nitrogen and oxygen atoms in total. The Morgan fingerprint density at radius 3 is 2.57 bits per heavy atom. The number of fused-ring (bicyclic) bond motifs is 1. The molecule has 146 valence electrons. The number of amides is 1. The minimum Gasteiger partial charge on any atom is -0.491 e. The number of para-hydroxylation sites is 2. The second-order valence-electron chi connectivity index (χ2n) is 6.61. The minimum atomic E-state index is -4.20. The zero-order valence-electron chi connectivity index (χ0n) is 14.8. The Morgan fingerprint density at radius 1 is 1.07 bits per heavy atom. The first kappa shape index (κ1) is 19.0. The summed E-state index contributed by atoms with van der Waals surface area (Å²) in [6.45, 7) is 0.396. The Hall–Kier alpha value is -2.36. The van der Waals surface area contributed by atoms with Crippen molar-refractivity contribution in [2.45, 2.75) is 23.8 Å². The van der Waals surface area contributed by atoms with Gasteiger partial charge in [-0.15, -0.1) is 12.6 Å². The van der Waals surface area contributed by atoms with Gasteiger partial charge in [0.05, 0.1) is 17.3 Å². The standard InChI is InChI=1S/C19H18N2O5S2/c22-18-14-7-1-2-8-15(14)21(19(18)23)28(24,25)20-11-5-6-13(20)12-26-16-9-3-4-10-17(16)27/h1-4,7-10,13,27H,5-6,11-12H2. The van der Waals surface area contributed by atoms with Gasteiger partial charge in [0.15, 0.2) is 0 Å². The lowest BCUT2D eigenvalue weighted by molar-refractivity contribution is -0.113. The third kappa shape index (κ3) is 3.09. The normalized spacial score (nSPS) is 19.9. The van der Waals surface area contributed by atoms with Gasteiger partial charge in [-0.25, -0.2) is 0 Å². The van der Waals surface area contributed by atoms with Crippen molar-refractivity contribution in [2.24, 2.45) is 0 Å². The molecule has 0 N–H and O–H groups in total. The van der Waals surface area contributed by atoms with Gasteiger partial charge in [-0.3, -0.25) is 9.59 Å². The molecule has 1 unspecified atom stereocenters. The Bertz CT molecular complexity index is 1050. The summed E-state index contributed by atoms with van der Waals surface area (Å²) in [5, 5.41) is 0. The molecule has 0 bridgehead atoms. The number of ether oxygens (including phenoxy) is 1. The molecule has 2 aromatic carbocycles. The molecule has 2 aliphatic rings. The number of carbonyl (C=O) groups is 2. The molecule has 0 aliphatic carbocycles. The highest BCUT2D eigenvalue weighted by Gasteiger charge is 2.48. The van der Waals surface area contributed by atoms with Crippen LogP contribution in [0.1, 0.15) is 23.2 Å². The molecule has 2 aromatic rings. The maximum atomic E-state index is 13.3. The van der Waals surface area contributed by atoms with E-state index in [1.54, 1.807) is 24.3 Å². The number of nitrogens with zero attached hydrogens (tertiary/aromatic N) is 2. The van der Waals surface area contributed by atoms with E-state index in [-0.39, 0.29) is 24.4 Å². The number of carbonyl (C=O) groups excluding carboxylic acids is 2. The average molecular weight is 418 g/mol. The fourth-order valence-corrected chi connectivity index (χ4v) is 5.58. The Labute approximate surface area is 168 Å². The summed E-state index contributed by atoms with van der Waals surface area (Å²) >= 11 is 4.33. The van der Waals surface area contributed by atoms with Crippen LogP contribution >= 0.6 is 12.6 Å². The van der Waals surface area contributed by atoms with Crippen LogP contribution in [0.5, 0.6) is 5.75 Å². The van der Waals surface area contributed by atoms with Crippen LogP contribution in [0, 0.1) is 0 Å². The van der Waals surface area contributed by atoms with E-state index in [2.05, 4.69) is 12.6 Å². The lowest BCUT2D eigenvalue weighted by Gasteiger charge is -2.28. The summed E-state index contributed by atoms with van der Waals surface area (Å²) in [5.41, 5.74) is 0.205. The van der Waals surface area contributed by atoms with Crippen molar-refractivity contribution in [3.05, 3.63) is 54.1 Å². The van der Waals surface area contributed by atoms with Gasteiger partial charge in [0.2, 0.25) is 0 Å². The van der Waals surface area contributed by atoms with E-state index < -0.39 is 27.9 Å². The van der Waals surface area contributed by atoms with Gasteiger partial charge in [-0.05, 0) is 37.1 Å². The molecular formula is C19H18N2O5S2. The van der Waals surface area contributed by atoms with Crippen molar-refractivity contribution in [1.82, 2.24) is 4.31 Å². The summed E-state index contributed by atoms with van der Waals surface area (Å²) in [7, 11) is -4.20. The van der Waals surface area contributed by atoms with Crippen LogP contribution < -0.4 is 9.04 Å². The van der Waals surface area contributed by atoms with E-state index in [0.29, 0.717) is 27.8 Å². The molecule has 1 atom stereocenters. The SMILES string of the molecule is O=C1C(=O)N(S(=O)(=O)N2CCCC2COc2ccccc2S)c2ccccc21. The number of hydrogen-bond acceptors (Lipinski definition) is 6. The second-order valence-corrected chi connectivity index (χ2v) is 8.82. The summed E-state index contributed by atoms with van der Waals surface area (Å²) in [6, 6.07) is 12.9. The van der Waals surface area contributed by atoms with Gasteiger partial charge in [0, 0.05) is 11.4 Å². The van der Waals surface area contributed by atoms with Crippen LogP contribution in [0.3, 0.4) is 0 Å². The van der Waals surface area contributed by atoms with Crippen molar-refractivity contribution < 1.29 is 22.7 Å². The van der Waals surface area contributed by atoms with Gasteiger partial charge in [-0.2, -0.15) is 17.0 Å². The molecule has 0 aromatic heterocycles. The fraction of sp³-hybridized carbons (Fsp3) is 0.263. The van der Waals surface area contributed by atoms with Gasteiger partial charge >= 0.3 is 16.1 Å². The minimum absolute atomic E-state index is 0.102. The Kier molecular flexibility index (Phi) is 4.90. The Morgan fingerprint density at radius 2 is 1.79 bits per heavy atom. The molecule has 0 radical (unpaired) electrons. The lowest BCUT2D eigenvalue weighted by Crippen LogP contribution is -2.49. The first-order valence-corrected chi connectivity index (χ1v) is 10.7. The van der Waals surface area contributed by atoms with E-state index in [9.17, 15) is 18.0 Å². The van der Waals surface area contributed by atoms with E-state index >= 15 is 0 Å². The van der Waals surface area contributed by atoms with Crippen molar-refractivity contribution in [1.29, 1.82) is 0 Å². The number of ketones is 1. The highest BCUT2D eigenvalue weighted by molar-refractivity contribution is 7.91. The van der Waals surface area contributed by atoms with Crippen LogP contribution in [-0.4, -0.2) is 43.6 Å². The molecule has 2 aliphatic heterocycles. The zero-order chi connectivity index (χ0) is 19.9. The molecular weight excluding hydrogens is 400 g/mol. The van der Waals surface area contributed by atoms with E-state index in [0.717, 1.165) is 0 Å². The number of Topliss-reactive ketones (excluding diaryl/α,β-unsaturated/α-hetero) is 1. The highest BCUT2D eigenvalue weighted by atomic mass is 32.2. The highest BCUT2D eigenvalue weighted by Crippen LogP contribution is 2.35. The van der Waals surface area contributed by atoms with Crippen LogP contribution in [0.2, 0.25) is 0 Å². The summed E-state index contributed by atoms with van der Waals surface area (Å²) in [6.07, 6.45) is 1.25. The van der Waals surface area contributed by atoms with Crippen LogP contribution in [0.25, 0.3) is 0 Å². The molecule has 28 heavy (non-hydrogen) atoms. The largest absolute Gasteiger partial charge is 0.491 e. The predicted octanol–water partition coefficient (Wildman–Crippen LogP) is 2.29. The topological polar surface area (TPSA) is 84.0 Å². The molecule has 9 heteroatoms. The summed E-state index contributed by atoms with van der Waals surface area (Å²) in [4.78, 5) is 25.3. The number of rotatable bonds is 5. The van der Waals surface area contributed by atoms with Gasteiger partial charge in [0.25, 0.3) is 5.78 Å². The summed E-state index contributed by atoms with van der Waals surface area (Å²) < 4.78 is 34.1. The monoisotopic (exact) mass is 418 g/mol. The molecule has 1 saturated heterocycles. The van der Waals surface area contributed by atoms with Crippen molar-refractivity contribution in [2.75, 3.05) is 17.5 Å². The predicted molar refractivity (Wildman–Crippen MR) is 106 cm³/mol. The quantitative estimate of drug-likeness (QED) is 0.595. The summed E-state index contributed by atoms with van der Waals surface area (Å²) in [5.74, 6) is -1.29. The average Bonchev–Trinajstić information content (AvgIpc) is 3.25. The molecule has 1 fully saturated rings. The first-order chi connectivity index (χ1) is 13.4.